The number of carbonyl (C=O) groups excluding carboxylic acids is 1. The normalized spacial score (nSPS) is 20.4. The lowest BCUT2D eigenvalue weighted by Gasteiger charge is -2.40. The van der Waals surface area contributed by atoms with Crippen molar-refractivity contribution in [3.63, 3.8) is 0 Å². The monoisotopic (exact) mass is 340 g/mol. The number of aliphatic hydroxyl groups is 1. The number of halogens is 1. The third kappa shape index (κ3) is 3.79. The largest absolute Gasteiger partial charge is 0.388 e. The number of amides is 1. The maximum Gasteiger partial charge on any atom is 0.254 e. The second-order valence-corrected chi connectivity index (χ2v) is 7.16. The van der Waals surface area contributed by atoms with Gasteiger partial charge in [-0.2, -0.15) is 0 Å². The van der Waals surface area contributed by atoms with Gasteiger partial charge in [0.25, 0.3) is 5.91 Å². The van der Waals surface area contributed by atoms with Gasteiger partial charge in [0, 0.05) is 12.7 Å². The molecule has 1 aliphatic carbocycles. The molecule has 2 rings (SSSR count). The van der Waals surface area contributed by atoms with E-state index in [-0.39, 0.29) is 5.91 Å². The van der Waals surface area contributed by atoms with Crippen LogP contribution in [-0.4, -0.2) is 28.1 Å². The van der Waals surface area contributed by atoms with Crippen LogP contribution < -0.4 is 5.32 Å². The van der Waals surface area contributed by atoms with Crippen LogP contribution in [0.3, 0.4) is 0 Å². The Kier molecular flexibility index (Phi) is 4.49. The summed E-state index contributed by atoms with van der Waals surface area (Å²) < 4.78 is 0.522. The first-order chi connectivity index (χ1) is 9.31. The minimum absolute atomic E-state index is 0.205. The molecule has 1 aliphatic rings. The van der Waals surface area contributed by atoms with E-state index in [2.05, 4.69) is 40.1 Å². The molecule has 0 aliphatic heterocycles. The zero-order chi connectivity index (χ0) is 14.8. The lowest BCUT2D eigenvalue weighted by molar-refractivity contribution is -0.0233. The minimum atomic E-state index is -0.778. The van der Waals surface area contributed by atoms with Gasteiger partial charge in [-0.1, -0.05) is 13.8 Å². The van der Waals surface area contributed by atoms with Crippen molar-refractivity contribution < 1.29 is 9.90 Å². The van der Waals surface area contributed by atoms with E-state index in [0.717, 1.165) is 25.7 Å². The van der Waals surface area contributed by atoms with Gasteiger partial charge in [0.15, 0.2) is 0 Å². The average Bonchev–Trinajstić information content (AvgIpc) is 2.41. The van der Waals surface area contributed by atoms with Crippen molar-refractivity contribution in [3.05, 3.63) is 28.5 Å². The van der Waals surface area contributed by atoms with Gasteiger partial charge >= 0.3 is 0 Å². The van der Waals surface area contributed by atoms with Crippen LogP contribution in [0.25, 0.3) is 0 Å². The van der Waals surface area contributed by atoms with Crippen molar-refractivity contribution in [2.75, 3.05) is 6.54 Å². The van der Waals surface area contributed by atoms with Crippen molar-refractivity contribution in [1.29, 1.82) is 0 Å². The molecular weight excluding hydrogens is 320 g/mol. The number of nitrogens with zero attached hydrogens (tertiary/aromatic N) is 1. The molecule has 1 aromatic rings. The summed E-state index contributed by atoms with van der Waals surface area (Å²) in [5, 5.41) is 13.3. The van der Waals surface area contributed by atoms with Crippen molar-refractivity contribution in [1.82, 2.24) is 10.3 Å². The van der Waals surface area contributed by atoms with Crippen LogP contribution in [0.4, 0.5) is 0 Å². The predicted octanol–water partition coefficient (Wildman–Crippen LogP) is 2.91. The Bertz CT molecular complexity index is 492. The molecule has 5 heteroatoms. The molecule has 1 heterocycles. The molecule has 4 nitrogen and oxygen atoms in total. The molecule has 0 aromatic carbocycles. The third-order valence-electron chi connectivity index (χ3n) is 4.12. The molecule has 110 valence electrons. The summed E-state index contributed by atoms with van der Waals surface area (Å²) in [4.78, 5) is 16.1. The Morgan fingerprint density at radius 3 is 2.65 bits per heavy atom. The highest BCUT2D eigenvalue weighted by Gasteiger charge is 2.36. The molecule has 0 unspecified atom stereocenters. The summed E-state index contributed by atoms with van der Waals surface area (Å²) in [7, 11) is 0. The van der Waals surface area contributed by atoms with Crippen LogP contribution in [0.15, 0.2) is 22.9 Å². The second kappa shape index (κ2) is 5.82. The number of carbonyl (C=O) groups is 1. The summed E-state index contributed by atoms with van der Waals surface area (Å²) in [6, 6.07) is 3.43. The van der Waals surface area contributed by atoms with Gasteiger partial charge in [-0.25, -0.2) is 4.98 Å². The molecule has 0 atom stereocenters. The Morgan fingerprint density at radius 1 is 1.40 bits per heavy atom. The molecule has 1 fully saturated rings. The Hall–Kier alpha value is -0.940. The highest BCUT2D eigenvalue weighted by molar-refractivity contribution is 9.10. The number of aromatic nitrogens is 1. The summed E-state index contributed by atoms with van der Waals surface area (Å²) in [6.45, 7) is 4.74. The maximum absolute atomic E-state index is 12.1. The van der Waals surface area contributed by atoms with E-state index in [0.29, 0.717) is 22.1 Å². The fourth-order valence-corrected chi connectivity index (χ4v) is 2.89. The SMILES string of the molecule is CC1(C)CCC(O)(CNC(=O)c2cccnc2Br)CC1. The number of hydrogen-bond donors (Lipinski definition) is 2. The quantitative estimate of drug-likeness (QED) is 0.831. The molecule has 0 saturated heterocycles. The zero-order valence-corrected chi connectivity index (χ0v) is 13.5. The third-order valence-corrected chi connectivity index (χ3v) is 4.75. The van der Waals surface area contributed by atoms with Gasteiger partial charge in [0.2, 0.25) is 0 Å². The van der Waals surface area contributed by atoms with E-state index < -0.39 is 5.60 Å². The van der Waals surface area contributed by atoms with Crippen LogP contribution in [0, 0.1) is 5.41 Å². The first-order valence-corrected chi connectivity index (χ1v) is 7.72. The molecular formula is C15H21BrN2O2. The Labute approximate surface area is 128 Å². The number of hydrogen-bond acceptors (Lipinski definition) is 3. The van der Waals surface area contributed by atoms with Crippen molar-refractivity contribution in [2.24, 2.45) is 5.41 Å². The highest BCUT2D eigenvalue weighted by Crippen LogP contribution is 2.39. The van der Waals surface area contributed by atoms with Crippen LogP contribution in [-0.2, 0) is 0 Å². The molecule has 2 N–H and O–H groups in total. The van der Waals surface area contributed by atoms with Gasteiger partial charge in [0.05, 0.1) is 11.2 Å². The standard InChI is InChI=1S/C15H21BrN2O2/c1-14(2)5-7-15(20,8-6-14)10-18-13(19)11-4-3-9-17-12(11)16/h3-4,9,20H,5-8,10H2,1-2H3,(H,18,19). The smallest absolute Gasteiger partial charge is 0.254 e. The van der Waals surface area contributed by atoms with Crippen LogP contribution in [0.5, 0.6) is 0 Å². The highest BCUT2D eigenvalue weighted by atomic mass is 79.9. The summed E-state index contributed by atoms with van der Waals surface area (Å²) >= 11 is 3.26. The maximum atomic E-state index is 12.1. The summed E-state index contributed by atoms with van der Waals surface area (Å²) in [6.07, 6.45) is 5.05. The van der Waals surface area contributed by atoms with Gasteiger partial charge in [-0.3, -0.25) is 4.79 Å². The lowest BCUT2D eigenvalue weighted by atomic mass is 9.71. The first-order valence-electron chi connectivity index (χ1n) is 6.93. The van der Waals surface area contributed by atoms with E-state index in [1.807, 2.05) is 0 Å². The zero-order valence-electron chi connectivity index (χ0n) is 11.9. The predicted molar refractivity (Wildman–Crippen MR) is 81.5 cm³/mol. The van der Waals surface area contributed by atoms with E-state index >= 15 is 0 Å². The van der Waals surface area contributed by atoms with Crippen molar-refractivity contribution >= 4 is 21.8 Å². The molecule has 1 aromatic heterocycles. The van der Waals surface area contributed by atoms with E-state index in [4.69, 9.17) is 0 Å². The number of pyridine rings is 1. The van der Waals surface area contributed by atoms with E-state index in [1.54, 1.807) is 18.3 Å². The molecule has 0 radical (unpaired) electrons. The Morgan fingerprint density at radius 2 is 2.05 bits per heavy atom. The first kappa shape index (κ1) is 15.4. The lowest BCUT2D eigenvalue weighted by Crippen LogP contribution is -2.46. The topological polar surface area (TPSA) is 62.2 Å². The summed E-state index contributed by atoms with van der Waals surface area (Å²) in [5.41, 5.74) is 0.00917. The molecule has 0 spiro atoms. The van der Waals surface area contributed by atoms with Crippen molar-refractivity contribution in [3.8, 4) is 0 Å². The van der Waals surface area contributed by atoms with Crippen LogP contribution in [0.1, 0.15) is 49.9 Å². The van der Waals surface area contributed by atoms with Crippen LogP contribution in [0.2, 0.25) is 0 Å². The molecule has 20 heavy (non-hydrogen) atoms. The molecule has 1 amide bonds. The van der Waals surface area contributed by atoms with E-state index in [1.165, 1.54) is 0 Å². The second-order valence-electron chi connectivity index (χ2n) is 6.41. The molecule has 1 saturated carbocycles. The average molecular weight is 341 g/mol. The minimum Gasteiger partial charge on any atom is -0.388 e. The van der Waals surface area contributed by atoms with Gasteiger partial charge < -0.3 is 10.4 Å². The molecule has 0 bridgehead atoms. The van der Waals surface area contributed by atoms with Gasteiger partial charge in [0.1, 0.15) is 4.60 Å². The van der Waals surface area contributed by atoms with Crippen molar-refractivity contribution in [2.45, 2.75) is 45.1 Å². The Balaban J connectivity index is 1.92. The summed E-state index contributed by atoms with van der Waals surface area (Å²) in [5.74, 6) is -0.205. The van der Waals surface area contributed by atoms with Crippen LogP contribution >= 0.6 is 15.9 Å². The number of nitrogens with one attached hydrogen (secondary N) is 1. The van der Waals surface area contributed by atoms with Gasteiger partial charge in [-0.05, 0) is 59.2 Å². The fourth-order valence-electron chi connectivity index (χ4n) is 2.46. The van der Waals surface area contributed by atoms with E-state index in [9.17, 15) is 9.90 Å². The number of rotatable bonds is 3. The van der Waals surface area contributed by atoms with Gasteiger partial charge in [-0.15, -0.1) is 0 Å². The fraction of sp³-hybridized carbons (Fsp3) is 0.600.